The Morgan fingerprint density at radius 1 is 1.17 bits per heavy atom. The van der Waals surface area contributed by atoms with E-state index in [1.165, 1.54) is 19.1 Å². The second kappa shape index (κ2) is 8.54. The molecular weight excluding hydrogens is 392 g/mol. The zero-order valence-electron chi connectivity index (χ0n) is 12.9. The number of sulfonamides is 1. The summed E-state index contributed by atoms with van der Waals surface area (Å²) in [7, 11) is -3.63. The lowest BCUT2D eigenvalue weighted by Gasteiger charge is -2.08. The van der Waals surface area contributed by atoms with Gasteiger partial charge < -0.3 is 0 Å². The first-order valence-corrected chi connectivity index (χ1v) is 10.5. The molecule has 0 aliphatic rings. The summed E-state index contributed by atoms with van der Waals surface area (Å²) in [6.45, 7) is 1.80. The van der Waals surface area contributed by atoms with Gasteiger partial charge in [-0.3, -0.25) is 0 Å². The summed E-state index contributed by atoms with van der Waals surface area (Å²) in [5, 5.41) is 1.17. The van der Waals surface area contributed by atoms with Crippen molar-refractivity contribution >= 4 is 45.0 Å². The summed E-state index contributed by atoms with van der Waals surface area (Å²) in [4.78, 5) is 0.0622. The van der Waals surface area contributed by atoms with Crippen molar-refractivity contribution in [1.82, 2.24) is 4.72 Å². The minimum absolute atomic E-state index is 0.0622. The summed E-state index contributed by atoms with van der Waals surface area (Å²) in [6.07, 6.45) is 0. The fourth-order valence-corrected chi connectivity index (χ4v) is 4.60. The van der Waals surface area contributed by atoms with E-state index in [0.717, 1.165) is 11.6 Å². The van der Waals surface area contributed by atoms with Crippen LogP contribution in [0.1, 0.15) is 11.1 Å². The van der Waals surface area contributed by atoms with Gasteiger partial charge in [-0.05, 0) is 48.4 Å². The average Bonchev–Trinajstić information content (AvgIpc) is 2.51. The van der Waals surface area contributed by atoms with Gasteiger partial charge in [0.1, 0.15) is 5.82 Å². The van der Waals surface area contributed by atoms with Crippen LogP contribution in [0.5, 0.6) is 0 Å². The standard InChI is InChI=1S/C16H16Cl2FNO2S2/c1-11-8-14(4-5-16(11)19)24(21,22)20-6-7-23-10-12-2-3-13(17)9-15(12)18/h2-5,8-9,20H,6-7,10H2,1H3. The van der Waals surface area contributed by atoms with Crippen molar-refractivity contribution in [2.24, 2.45) is 0 Å². The molecule has 0 bridgehead atoms. The van der Waals surface area contributed by atoms with Crippen molar-refractivity contribution in [3.63, 3.8) is 0 Å². The van der Waals surface area contributed by atoms with Crippen LogP contribution in [-0.2, 0) is 15.8 Å². The second-order valence-corrected chi connectivity index (χ2v) is 8.81. The molecular formula is C16H16Cl2FNO2S2. The molecule has 1 N–H and O–H groups in total. The lowest BCUT2D eigenvalue weighted by atomic mass is 10.2. The van der Waals surface area contributed by atoms with Crippen molar-refractivity contribution in [2.75, 3.05) is 12.3 Å². The molecule has 24 heavy (non-hydrogen) atoms. The van der Waals surface area contributed by atoms with Crippen LogP contribution in [-0.4, -0.2) is 20.7 Å². The summed E-state index contributed by atoms with van der Waals surface area (Å²) >= 11 is 13.5. The molecule has 8 heteroatoms. The Balaban J connectivity index is 1.83. The molecule has 2 aromatic carbocycles. The molecule has 0 aromatic heterocycles. The van der Waals surface area contributed by atoms with Crippen molar-refractivity contribution in [3.8, 4) is 0 Å². The predicted molar refractivity (Wildman–Crippen MR) is 98.9 cm³/mol. The third-order valence-corrected chi connectivity index (χ3v) is 6.30. The fraction of sp³-hybridized carbons (Fsp3) is 0.250. The molecule has 2 rings (SSSR count). The number of halogens is 3. The van der Waals surface area contributed by atoms with Crippen molar-refractivity contribution in [3.05, 3.63) is 63.4 Å². The van der Waals surface area contributed by atoms with Gasteiger partial charge in [0.25, 0.3) is 0 Å². The van der Waals surface area contributed by atoms with Crippen LogP contribution >= 0.6 is 35.0 Å². The summed E-state index contributed by atoms with van der Waals surface area (Å²) in [5.41, 5.74) is 1.24. The van der Waals surface area contributed by atoms with Gasteiger partial charge >= 0.3 is 0 Å². The fourth-order valence-electron chi connectivity index (χ4n) is 1.94. The van der Waals surface area contributed by atoms with E-state index in [2.05, 4.69) is 4.72 Å². The lowest BCUT2D eigenvalue weighted by molar-refractivity contribution is 0.582. The van der Waals surface area contributed by atoms with E-state index < -0.39 is 15.8 Å². The van der Waals surface area contributed by atoms with Gasteiger partial charge in [0.2, 0.25) is 10.0 Å². The minimum Gasteiger partial charge on any atom is -0.210 e. The highest BCUT2D eigenvalue weighted by molar-refractivity contribution is 7.98. The van der Waals surface area contributed by atoms with Crippen LogP contribution in [0.15, 0.2) is 41.3 Å². The topological polar surface area (TPSA) is 46.2 Å². The van der Waals surface area contributed by atoms with E-state index in [0.29, 0.717) is 27.1 Å². The first-order chi connectivity index (χ1) is 11.3. The van der Waals surface area contributed by atoms with Crippen molar-refractivity contribution < 1.29 is 12.8 Å². The van der Waals surface area contributed by atoms with Gasteiger partial charge in [-0.25, -0.2) is 17.5 Å². The highest BCUT2D eigenvalue weighted by atomic mass is 35.5. The van der Waals surface area contributed by atoms with Crippen LogP contribution in [0.3, 0.4) is 0 Å². The maximum Gasteiger partial charge on any atom is 0.240 e. The highest BCUT2D eigenvalue weighted by Crippen LogP contribution is 2.24. The minimum atomic E-state index is -3.63. The zero-order valence-corrected chi connectivity index (χ0v) is 16.0. The first-order valence-electron chi connectivity index (χ1n) is 7.07. The number of nitrogens with one attached hydrogen (secondary N) is 1. The molecule has 0 atom stereocenters. The number of rotatable bonds is 7. The van der Waals surface area contributed by atoms with E-state index in [-0.39, 0.29) is 11.4 Å². The molecule has 0 unspecified atom stereocenters. The van der Waals surface area contributed by atoms with Gasteiger partial charge in [0.15, 0.2) is 0 Å². The largest absolute Gasteiger partial charge is 0.240 e. The molecule has 0 fully saturated rings. The van der Waals surface area contributed by atoms with Gasteiger partial charge in [-0.2, -0.15) is 11.8 Å². The van der Waals surface area contributed by atoms with E-state index in [1.54, 1.807) is 23.9 Å². The van der Waals surface area contributed by atoms with Gasteiger partial charge in [0.05, 0.1) is 4.90 Å². The molecule has 0 aliphatic heterocycles. The van der Waals surface area contributed by atoms with Crippen molar-refractivity contribution in [1.29, 1.82) is 0 Å². The Kier molecular flexibility index (Phi) is 6.95. The first kappa shape index (κ1) is 19.5. The molecule has 0 saturated carbocycles. The summed E-state index contributed by atoms with van der Waals surface area (Å²) in [5.74, 6) is 0.815. The second-order valence-electron chi connectivity index (χ2n) is 5.10. The van der Waals surface area contributed by atoms with Crippen LogP contribution in [0.4, 0.5) is 4.39 Å². The smallest absolute Gasteiger partial charge is 0.210 e. The van der Waals surface area contributed by atoms with Gasteiger partial charge in [0, 0.05) is 28.1 Å². The molecule has 0 amide bonds. The molecule has 0 radical (unpaired) electrons. The number of benzene rings is 2. The maximum atomic E-state index is 13.2. The molecule has 0 heterocycles. The summed E-state index contributed by atoms with van der Waals surface area (Å²) < 4.78 is 40.0. The Hall–Kier alpha value is -0.790. The average molecular weight is 408 g/mol. The van der Waals surface area contributed by atoms with E-state index >= 15 is 0 Å². The molecule has 0 saturated heterocycles. The maximum absolute atomic E-state index is 13.2. The number of aryl methyl sites for hydroxylation is 1. The van der Waals surface area contributed by atoms with Crippen LogP contribution in [0, 0.1) is 12.7 Å². The lowest BCUT2D eigenvalue weighted by Crippen LogP contribution is -2.26. The van der Waals surface area contributed by atoms with Crippen LogP contribution in [0.25, 0.3) is 0 Å². The van der Waals surface area contributed by atoms with Gasteiger partial charge in [-0.1, -0.05) is 29.3 Å². The highest BCUT2D eigenvalue weighted by Gasteiger charge is 2.14. The third kappa shape index (κ3) is 5.36. The number of hydrogen-bond acceptors (Lipinski definition) is 3. The zero-order chi connectivity index (χ0) is 17.7. The molecule has 0 aliphatic carbocycles. The monoisotopic (exact) mass is 407 g/mol. The SMILES string of the molecule is Cc1cc(S(=O)(=O)NCCSCc2ccc(Cl)cc2Cl)ccc1F. The third-order valence-electron chi connectivity index (χ3n) is 3.25. The van der Waals surface area contributed by atoms with E-state index in [1.807, 2.05) is 6.07 Å². The number of thioether (sulfide) groups is 1. The predicted octanol–water partition coefficient (Wildman–Crippen LogP) is 4.65. The van der Waals surface area contributed by atoms with Crippen LogP contribution < -0.4 is 4.72 Å². The van der Waals surface area contributed by atoms with E-state index in [9.17, 15) is 12.8 Å². The van der Waals surface area contributed by atoms with Gasteiger partial charge in [-0.15, -0.1) is 0 Å². The Labute approximate surface area is 155 Å². The Morgan fingerprint density at radius 2 is 1.92 bits per heavy atom. The molecule has 2 aromatic rings. The van der Waals surface area contributed by atoms with E-state index in [4.69, 9.17) is 23.2 Å². The van der Waals surface area contributed by atoms with Crippen LogP contribution in [0.2, 0.25) is 10.0 Å². The molecule has 3 nitrogen and oxygen atoms in total. The Morgan fingerprint density at radius 3 is 2.58 bits per heavy atom. The molecule has 130 valence electrons. The normalized spacial score (nSPS) is 11.7. The molecule has 0 spiro atoms. The number of hydrogen-bond donors (Lipinski definition) is 1. The van der Waals surface area contributed by atoms with Crippen molar-refractivity contribution in [2.45, 2.75) is 17.6 Å². The quantitative estimate of drug-likeness (QED) is 0.679. The Bertz CT molecular complexity index is 829. The summed E-state index contributed by atoms with van der Waals surface area (Å²) in [6, 6.07) is 9.02.